The summed E-state index contributed by atoms with van der Waals surface area (Å²) < 4.78 is 0. The van der Waals surface area contributed by atoms with Crippen LogP contribution >= 0.6 is 0 Å². The number of benzene rings is 2. The average Bonchev–Trinajstić information content (AvgIpc) is 2.82. The van der Waals surface area contributed by atoms with Crippen molar-refractivity contribution in [3.8, 4) is 0 Å². The summed E-state index contributed by atoms with van der Waals surface area (Å²) in [4.78, 5) is 45.1. The lowest BCUT2D eigenvalue weighted by Gasteiger charge is -2.32. The minimum Gasteiger partial charge on any atom is -0.352 e. The molecule has 7 nitrogen and oxygen atoms in total. The zero-order valence-electron chi connectivity index (χ0n) is 20.6. The standard InChI is InChI=1S/C28H32N4O3/c1-19(2)30-28(35)27(22-12-8-20(3)9-13-22)32(23-14-10-21(4)11-15-23)26(34)17-16-25(33)31-24-7-5-6-18-29-24/h5-15,18-19,27H,16-17H2,1-4H3,(H,30,35)(H,29,31,33)/t27-/m0/s1. The number of nitrogens with zero attached hydrogens (tertiary/aromatic N) is 2. The first-order chi connectivity index (χ1) is 16.7. The van der Waals surface area contributed by atoms with Crippen LogP contribution in [0.1, 0.15) is 49.4 Å². The average molecular weight is 473 g/mol. The molecule has 3 aromatic rings. The summed E-state index contributed by atoms with van der Waals surface area (Å²) >= 11 is 0. The van der Waals surface area contributed by atoms with Crippen molar-refractivity contribution < 1.29 is 14.4 Å². The smallest absolute Gasteiger partial charge is 0.248 e. The molecule has 0 saturated carbocycles. The van der Waals surface area contributed by atoms with Crippen molar-refractivity contribution in [2.45, 2.75) is 52.6 Å². The fourth-order valence-electron chi connectivity index (χ4n) is 3.66. The van der Waals surface area contributed by atoms with Crippen molar-refractivity contribution in [2.75, 3.05) is 10.2 Å². The molecule has 182 valence electrons. The molecule has 0 aliphatic heterocycles. The first-order valence-electron chi connectivity index (χ1n) is 11.7. The number of carbonyl (C=O) groups is 3. The second-order valence-electron chi connectivity index (χ2n) is 8.84. The second kappa shape index (κ2) is 11.9. The SMILES string of the molecule is Cc1ccc([C@@H](C(=O)NC(C)C)N(C(=O)CCC(=O)Nc2ccccn2)c2ccc(C)cc2)cc1. The van der Waals surface area contributed by atoms with Crippen molar-refractivity contribution in [3.63, 3.8) is 0 Å². The summed E-state index contributed by atoms with van der Waals surface area (Å²) in [6.07, 6.45) is 1.48. The molecule has 0 bridgehead atoms. The van der Waals surface area contributed by atoms with Gasteiger partial charge in [-0.3, -0.25) is 19.3 Å². The molecule has 0 fully saturated rings. The van der Waals surface area contributed by atoms with E-state index in [1.165, 1.54) is 4.90 Å². The Morgan fingerprint density at radius 3 is 2.06 bits per heavy atom. The number of rotatable bonds is 9. The highest BCUT2D eigenvalue weighted by Gasteiger charge is 2.33. The molecule has 0 radical (unpaired) electrons. The minimum absolute atomic E-state index is 0.0375. The van der Waals surface area contributed by atoms with E-state index in [0.717, 1.165) is 11.1 Å². The third-order valence-corrected chi connectivity index (χ3v) is 5.41. The Bertz CT molecular complexity index is 1140. The molecule has 2 N–H and O–H groups in total. The maximum Gasteiger partial charge on any atom is 0.248 e. The summed E-state index contributed by atoms with van der Waals surface area (Å²) in [7, 11) is 0. The maximum absolute atomic E-state index is 13.6. The van der Waals surface area contributed by atoms with E-state index >= 15 is 0 Å². The Kier molecular flexibility index (Phi) is 8.73. The van der Waals surface area contributed by atoms with Crippen LogP contribution in [-0.2, 0) is 14.4 Å². The molecule has 2 aromatic carbocycles. The van der Waals surface area contributed by atoms with Gasteiger partial charge in [0.1, 0.15) is 11.9 Å². The molecule has 0 unspecified atom stereocenters. The molecule has 0 saturated heterocycles. The van der Waals surface area contributed by atoms with E-state index in [1.807, 2.05) is 76.2 Å². The summed E-state index contributed by atoms with van der Waals surface area (Å²) in [5, 5.41) is 5.65. The van der Waals surface area contributed by atoms with Crippen molar-refractivity contribution in [1.82, 2.24) is 10.3 Å². The third kappa shape index (κ3) is 7.24. The topological polar surface area (TPSA) is 91.4 Å². The molecular formula is C28H32N4O3. The highest BCUT2D eigenvalue weighted by atomic mass is 16.2. The Morgan fingerprint density at radius 2 is 1.49 bits per heavy atom. The lowest BCUT2D eigenvalue weighted by molar-refractivity contribution is -0.127. The van der Waals surface area contributed by atoms with Gasteiger partial charge < -0.3 is 10.6 Å². The molecule has 35 heavy (non-hydrogen) atoms. The van der Waals surface area contributed by atoms with Crippen LogP contribution < -0.4 is 15.5 Å². The van der Waals surface area contributed by atoms with E-state index in [9.17, 15) is 14.4 Å². The van der Waals surface area contributed by atoms with Crippen molar-refractivity contribution in [1.29, 1.82) is 0 Å². The summed E-state index contributed by atoms with van der Waals surface area (Å²) in [5.41, 5.74) is 3.38. The molecular weight excluding hydrogens is 440 g/mol. The zero-order chi connectivity index (χ0) is 25.4. The van der Waals surface area contributed by atoms with Crippen LogP contribution in [0.2, 0.25) is 0 Å². The third-order valence-electron chi connectivity index (χ3n) is 5.41. The molecule has 0 aliphatic rings. The Balaban J connectivity index is 1.92. The summed E-state index contributed by atoms with van der Waals surface area (Å²) in [5.74, 6) is -0.501. The molecule has 7 heteroatoms. The van der Waals surface area contributed by atoms with E-state index in [0.29, 0.717) is 17.1 Å². The Morgan fingerprint density at radius 1 is 0.857 bits per heavy atom. The van der Waals surface area contributed by atoms with Crippen LogP contribution in [0.25, 0.3) is 0 Å². The molecule has 1 heterocycles. The van der Waals surface area contributed by atoms with Gasteiger partial charge in [0.2, 0.25) is 17.7 Å². The molecule has 0 spiro atoms. The van der Waals surface area contributed by atoms with Gasteiger partial charge in [0, 0.05) is 30.8 Å². The Hall–Kier alpha value is -4.00. The number of amides is 3. The lowest BCUT2D eigenvalue weighted by atomic mass is 10.0. The van der Waals surface area contributed by atoms with E-state index in [4.69, 9.17) is 0 Å². The van der Waals surface area contributed by atoms with E-state index in [-0.39, 0.29) is 36.6 Å². The van der Waals surface area contributed by atoms with E-state index in [2.05, 4.69) is 15.6 Å². The predicted molar refractivity (Wildman–Crippen MR) is 138 cm³/mol. The van der Waals surface area contributed by atoms with Gasteiger partial charge in [-0.05, 0) is 57.5 Å². The largest absolute Gasteiger partial charge is 0.352 e. The fraction of sp³-hybridized carbons (Fsp3) is 0.286. The van der Waals surface area contributed by atoms with Crippen molar-refractivity contribution in [3.05, 3.63) is 89.6 Å². The minimum atomic E-state index is -0.882. The monoisotopic (exact) mass is 472 g/mol. The molecule has 3 rings (SSSR count). The van der Waals surface area contributed by atoms with Crippen LogP contribution in [0.3, 0.4) is 0 Å². The molecule has 3 amide bonds. The number of aryl methyl sites for hydroxylation is 2. The number of anilines is 2. The van der Waals surface area contributed by atoms with Crippen LogP contribution in [0.5, 0.6) is 0 Å². The summed E-state index contributed by atoms with van der Waals surface area (Å²) in [6, 6.07) is 19.2. The fourth-order valence-corrected chi connectivity index (χ4v) is 3.66. The number of aromatic nitrogens is 1. The Labute approximate surface area is 206 Å². The first kappa shape index (κ1) is 25.6. The van der Waals surface area contributed by atoms with E-state index < -0.39 is 6.04 Å². The van der Waals surface area contributed by atoms with Crippen LogP contribution in [0.4, 0.5) is 11.5 Å². The van der Waals surface area contributed by atoms with Gasteiger partial charge >= 0.3 is 0 Å². The molecule has 1 atom stereocenters. The highest BCUT2D eigenvalue weighted by molar-refractivity contribution is 6.03. The molecule has 0 aliphatic carbocycles. The number of hydrogen-bond donors (Lipinski definition) is 2. The lowest BCUT2D eigenvalue weighted by Crippen LogP contribution is -2.46. The van der Waals surface area contributed by atoms with Crippen molar-refractivity contribution >= 4 is 29.2 Å². The predicted octanol–water partition coefficient (Wildman–Crippen LogP) is 4.72. The number of carbonyl (C=O) groups excluding carboxylic acids is 3. The van der Waals surface area contributed by atoms with E-state index in [1.54, 1.807) is 24.4 Å². The van der Waals surface area contributed by atoms with Gasteiger partial charge in [0.15, 0.2) is 0 Å². The molecule has 1 aromatic heterocycles. The van der Waals surface area contributed by atoms with Gasteiger partial charge in [-0.2, -0.15) is 0 Å². The number of hydrogen-bond acceptors (Lipinski definition) is 4. The highest BCUT2D eigenvalue weighted by Crippen LogP contribution is 2.30. The van der Waals surface area contributed by atoms with Gasteiger partial charge in [-0.1, -0.05) is 53.6 Å². The maximum atomic E-state index is 13.6. The van der Waals surface area contributed by atoms with Gasteiger partial charge in [0.05, 0.1) is 0 Å². The second-order valence-corrected chi connectivity index (χ2v) is 8.84. The number of nitrogens with one attached hydrogen (secondary N) is 2. The number of pyridine rings is 1. The van der Waals surface area contributed by atoms with Gasteiger partial charge in [0.25, 0.3) is 0 Å². The van der Waals surface area contributed by atoms with Crippen LogP contribution in [0, 0.1) is 13.8 Å². The van der Waals surface area contributed by atoms with Crippen LogP contribution in [-0.4, -0.2) is 28.7 Å². The van der Waals surface area contributed by atoms with Gasteiger partial charge in [-0.15, -0.1) is 0 Å². The zero-order valence-corrected chi connectivity index (χ0v) is 20.6. The van der Waals surface area contributed by atoms with Crippen LogP contribution in [0.15, 0.2) is 72.9 Å². The summed E-state index contributed by atoms with van der Waals surface area (Å²) in [6.45, 7) is 7.69. The van der Waals surface area contributed by atoms with Crippen molar-refractivity contribution in [2.24, 2.45) is 0 Å². The normalized spacial score (nSPS) is 11.6. The first-order valence-corrected chi connectivity index (χ1v) is 11.7. The quantitative estimate of drug-likeness (QED) is 0.472. The van der Waals surface area contributed by atoms with Gasteiger partial charge in [-0.25, -0.2) is 4.98 Å².